The molecule has 1 rings (SSSR count). The second kappa shape index (κ2) is 7.47. The van der Waals surface area contributed by atoms with Gasteiger partial charge in [-0.3, -0.25) is 0 Å². The van der Waals surface area contributed by atoms with Crippen LogP contribution in [0.1, 0.15) is 53.4 Å². The lowest BCUT2D eigenvalue weighted by Gasteiger charge is -2.39. The molecule has 0 aromatic rings. The van der Waals surface area contributed by atoms with Gasteiger partial charge in [0.2, 0.25) is 0 Å². The van der Waals surface area contributed by atoms with Crippen LogP contribution in [0.15, 0.2) is 12.2 Å². The van der Waals surface area contributed by atoms with E-state index in [-0.39, 0.29) is 5.92 Å². The van der Waals surface area contributed by atoms with Crippen LogP contribution in [0.25, 0.3) is 0 Å². The van der Waals surface area contributed by atoms with E-state index in [0.29, 0.717) is 5.92 Å². The van der Waals surface area contributed by atoms with Gasteiger partial charge in [-0.2, -0.15) is 26.3 Å². The third kappa shape index (κ3) is 5.36. The van der Waals surface area contributed by atoms with Gasteiger partial charge in [0.15, 0.2) is 0 Å². The van der Waals surface area contributed by atoms with Crippen LogP contribution in [-0.2, 0) is 4.74 Å². The van der Waals surface area contributed by atoms with Crippen LogP contribution >= 0.6 is 0 Å². The van der Waals surface area contributed by atoms with E-state index < -0.39 is 36.1 Å². The Hall–Kier alpha value is -0.760. The smallest absolute Gasteiger partial charge is 0.374 e. The Balaban J connectivity index is 2.77. The lowest BCUT2D eigenvalue weighted by Crippen LogP contribution is -2.58. The average Bonchev–Trinajstić information content (AvgIpc) is 2.87. The molecule has 0 aliphatic heterocycles. The van der Waals surface area contributed by atoms with Crippen molar-refractivity contribution in [3.05, 3.63) is 12.2 Å². The normalized spacial score (nSPS) is 22.3. The van der Waals surface area contributed by atoms with Gasteiger partial charge in [-0.05, 0) is 51.9 Å². The van der Waals surface area contributed by atoms with Crippen molar-refractivity contribution in [2.75, 3.05) is 0 Å². The summed E-state index contributed by atoms with van der Waals surface area (Å²) in [5.41, 5.74) is -5.71. The molecular formula is C17H26F6O2. The summed E-state index contributed by atoms with van der Waals surface area (Å²) in [5.74, 6) is 0.267. The molecule has 0 spiro atoms. The Morgan fingerprint density at radius 1 is 1.08 bits per heavy atom. The Labute approximate surface area is 144 Å². The summed E-state index contributed by atoms with van der Waals surface area (Å²) < 4.78 is 82.2. The molecule has 148 valence electrons. The predicted molar refractivity (Wildman–Crippen MR) is 81.9 cm³/mol. The van der Waals surface area contributed by atoms with Crippen LogP contribution < -0.4 is 0 Å². The number of hydrogen-bond donors (Lipinski definition) is 1. The van der Waals surface area contributed by atoms with E-state index in [4.69, 9.17) is 4.74 Å². The summed E-state index contributed by atoms with van der Waals surface area (Å²) in [6.07, 6.45) is -7.86. The van der Waals surface area contributed by atoms with Crippen molar-refractivity contribution in [3.8, 4) is 0 Å². The third-order valence-electron chi connectivity index (χ3n) is 4.98. The molecule has 1 N–H and O–H groups in total. The van der Waals surface area contributed by atoms with Crippen molar-refractivity contribution in [3.63, 3.8) is 0 Å². The van der Waals surface area contributed by atoms with Crippen molar-refractivity contribution in [2.24, 2.45) is 11.8 Å². The van der Waals surface area contributed by atoms with E-state index in [1.807, 2.05) is 6.92 Å². The number of alkyl halides is 6. The molecule has 8 heteroatoms. The highest BCUT2D eigenvalue weighted by Crippen LogP contribution is 2.46. The lowest BCUT2D eigenvalue weighted by molar-refractivity contribution is -0.375. The Kier molecular flexibility index (Phi) is 6.65. The maximum atomic E-state index is 12.8. The summed E-state index contributed by atoms with van der Waals surface area (Å²) in [6, 6.07) is 0. The molecule has 1 aliphatic rings. The Bertz CT molecular complexity index is 453. The van der Waals surface area contributed by atoms with Crippen LogP contribution in [0, 0.1) is 11.8 Å². The molecule has 0 bridgehead atoms. The molecule has 3 atom stereocenters. The van der Waals surface area contributed by atoms with Crippen molar-refractivity contribution in [1.29, 1.82) is 0 Å². The van der Waals surface area contributed by atoms with Gasteiger partial charge >= 0.3 is 12.4 Å². The Morgan fingerprint density at radius 3 is 2.00 bits per heavy atom. The van der Waals surface area contributed by atoms with Gasteiger partial charge < -0.3 is 9.84 Å². The van der Waals surface area contributed by atoms with E-state index in [1.165, 1.54) is 0 Å². The topological polar surface area (TPSA) is 29.5 Å². The van der Waals surface area contributed by atoms with Gasteiger partial charge in [-0.25, -0.2) is 0 Å². The van der Waals surface area contributed by atoms with E-state index >= 15 is 0 Å². The number of hydrogen-bond acceptors (Lipinski definition) is 2. The molecule has 0 aromatic heterocycles. The molecule has 25 heavy (non-hydrogen) atoms. The number of rotatable bonds is 7. The van der Waals surface area contributed by atoms with E-state index in [2.05, 4.69) is 12.2 Å². The van der Waals surface area contributed by atoms with Gasteiger partial charge in [0.05, 0.1) is 11.7 Å². The van der Waals surface area contributed by atoms with Crippen molar-refractivity contribution < 1.29 is 36.2 Å². The van der Waals surface area contributed by atoms with Gasteiger partial charge in [0, 0.05) is 6.42 Å². The highest BCUT2D eigenvalue weighted by Gasteiger charge is 2.70. The second-order valence-corrected chi connectivity index (χ2v) is 7.49. The van der Waals surface area contributed by atoms with Crippen LogP contribution in [-0.4, -0.2) is 34.8 Å². The zero-order valence-electron chi connectivity index (χ0n) is 14.8. The van der Waals surface area contributed by atoms with Gasteiger partial charge in [0.1, 0.15) is 0 Å². The standard InChI is InChI=1S/C17H26F6O2/c1-11(9-13-7-5-6-8-13)14(3,4)25-12(2)10-15(24,16(18,19)20)17(21,22)23/h5,7,11-13,24H,6,8-10H2,1-4H3. The summed E-state index contributed by atoms with van der Waals surface area (Å²) in [6.45, 7) is 6.27. The fraction of sp³-hybridized carbons (Fsp3) is 0.882. The molecule has 0 saturated carbocycles. The van der Waals surface area contributed by atoms with Gasteiger partial charge in [-0.1, -0.05) is 19.1 Å². The van der Waals surface area contributed by atoms with E-state index in [0.717, 1.165) is 26.2 Å². The summed E-state index contributed by atoms with van der Waals surface area (Å²) in [5, 5.41) is 9.28. The number of aliphatic hydroxyl groups is 1. The molecule has 0 heterocycles. The first-order valence-corrected chi connectivity index (χ1v) is 8.30. The van der Waals surface area contributed by atoms with E-state index in [1.54, 1.807) is 13.8 Å². The molecular weight excluding hydrogens is 350 g/mol. The lowest BCUT2D eigenvalue weighted by atomic mass is 9.83. The Morgan fingerprint density at radius 2 is 1.60 bits per heavy atom. The average molecular weight is 376 g/mol. The maximum absolute atomic E-state index is 12.8. The first kappa shape index (κ1) is 22.3. The van der Waals surface area contributed by atoms with Crippen LogP contribution in [0.2, 0.25) is 0 Å². The quantitative estimate of drug-likeness (QED) is 0.476. The molecule has 1 aliphatic carbocycles. The monoisotopic (exact) mass is 376 g/mol. The third-order valence-corrected chi connectivity index (χ3v) is 4.98. The molecule has 0 fully saturated rings. The first-order valence-electron chi connectivity index (χ1n) is 8.30. The zero-order chi connectivity index (χ0) is 19.7. The van der Waals surface area contributed by atoms with Crippen molar-refractivity contribution >= 4 is 0 Å². The minimum absolute atomic E-state index is 0.0763. The minimum atomic E-state index is -5.83. The highest BCUT2D eigenvalue weighted by atomic mass is 19.4. The van der Waals surface area contributed by atoms with Crippen molar-refractivity contribution in [2.45, 2.75) is 83.0 Å². The van der Waals surface area contributed by atoms with Crippen LogP contribution in [0.3, 0.4) is 0 Å². The highest BCUT2D eigenvalue weighted by molar-refractivity contribution is 4.98. The molecule has 3 unspecified atom stereocenters. The largest absolute Gasteiger partial charge is 0.426 e. The predicted octanol–water partition coefficient (Wildman–Crippen LogP) is 5.41. The summed E-state index contributed by atoms with van der Waals surface area (Å²) >= 11 is 0. The van der Waals surface area contributed by atoms with Crippen molar-refractivity contribution in [1.82, 2.24) is 0 Å². The molecule has 2 nitrogen and oxygen atoms in total. The molecule has 0 radical (unpaired) electrons. The summed E-state index contributed by atoms with van der Waals surface area (Å²) in [7, 11) is 0. The minimum Gasteiger partial charge on any atom is -0.374 e. The van der Waals surface area contributed by atoms with Crippen LogP contribution in [0.5, 0.6) is 0 Å². The molecule has 0 saturated heterocycles. The number of halogens is 6. The summed E-state index contributed by atoms with van der Waals surface area (Å²) in [4.78, 5) is 0. The van der Waals surface area contributed by atoms with Gasteiger partial charge in [0.25, 0.3) is 5.60 Å². The van der Waals surface area contributed by atoms with Crippen LogP contribution in [0.4, 0.5) is 26.3 Å². The van der Waals surface area contributed by atoms with E-state index in [9.17, 15) is 31.4 Å². The fourth-order valence-corrected chi connectivity index (χ4v) is 3.11. The number of ether oxygens (including phenoxy) is 1. The SMILES string of the molecule is CC(CC(O)(C(F)(F)F)C(F)(F)F)OC(C)(C)C(C)CC1C=CCC1. The maximum Gasteiger partial charge on any atom is 0.426 e. The van der Waals surface area contributed by atoms with Gasteiger partial charge in [-0.15, -0.1) is 0 Å². The second-order valence-electron chi connectivity index (χ2n) is 7.49. The fourth-order valence-electron chi connectivity index (χ4n) is 3.11. The zero-order valence-corrected chi connectivity index (χ0v) is 14.8. The molecule has 0 amide bonds. The molecule has 0 aromatic carbocycles. The first-order chi connectivity index (χ1) is 11.1. The number of allylic oxidation sites excluding steroid dienone is 2.